The summed E-state index contributed by atoms with van der Waals surface area (Å²) < 4.78 is -3.66. The van der Waals surface area contributed by atoms with Crippen LogP contribution in [0.1, 0.15) is 23.0 Å². The van der Waals surface area contributed by atoms with Crippen LogP contribution in [0, 0.1) is 11.8 Å². The molecule has 4 bridgehead atoms. The summed E-state index contributed by atoms with van der Waals surface area (Å²) in [5, 5.41) is 6.73. The molecular weight excluding hydrogens is 696 g/mol. The Kier molecular flexibility index (Phi) is 5.56. The number of benzene rings is 1. The van der Waals surface area contributed by atoms with Crippen LogP contribution < -0.4 is 5.73 Å². The van der Waals surface area contributed by atoms with Gasteiger partial charge >= 0.3 is 0 Å². The van der Waals surface area contributed by atoms with Gasteiger partial charge in [0.25, 0.3) is 0 Å². The van der Waals surface area contributed by atoms with Gasteiger partial charge in [0.2, 0.25) is 0 Å². The molecule has 1 aromatic rings. The molecule has 0 spiro atoms. The molecule has 188 valence electrons. The molecule has 0 heterocycles. The number of hydrogen-bond donors (Lipinski definition) is 2. The maximum atomic E-state index is 10.6. The van der Waals surface area contributed by atoms with Crippen molar-refractivity contribution < 1.29 is 5.11 Å². The molecule has 0 amide bonds. The van der Waals surface area contributed by atoms with Crippen molar-refractivity contribution in [2.45, 2.75) is 61.5 Å². The van der Waals surface area contributed by atoms with Gasteiger partial charge in [-0.25, -0.2) is 0 Å². The minimum atomic E-state index is -1.83. The maximum Gasteiger partial charge on any atom is 0.160 e. The summed E-state index contributed by atoms with van der Waals surface area (Å²) in [5.41, 5.74) is 7.32. The molecule has 2 nitrogen and oxygen atoms in total. The number of hydrogen-bond acceptors (Lipinski definition) is 2. The second-order valence-electron chi connectivity index (χ2n) is 9.87. The fraction of sp³-hybridized carbons (Fsp3) is 0.700. The van der Waals surface area contributed by atoms with Gasteiger partial charge in [-0.1, -0.05) is 46.4 Å². The van der Waals surface area contributed by atoms with Gasteiger partial charge in [-0.05, 0) is 35.1 Å². The number of aromatic hydroxyl groups is 1. The third-order valence-corrected chi connectivity index (χ3v) is 18.3. The summed E-state index contributed by atoms with van der Waals surface area (Å²) in [7, 11) is 0. The number of fused-ring (bicyclic) bond motifs is 14. The fourth-order valence-electron chi connectivity index (χ4n) is 7.61. The largest absolute Gasteiger partial charge is 0.506 e. The van der Waals surface area contributed by atoms with E-state index in [1.165, 1.54) is 6.07 Å². The average Bonchev–Trinajstić information content (AvgIpc) is 3.09. The van der Waals surface area contributed by atoms with Crippen LogP contribution in [-0.4, -0.2) is 54.8 Å². The highest BCUT2D eigenvalue weighted by Gasteiger charge is 2.94. The van der Waals surface area contributed by atoms with Gasteiger partial charge in [0.15, 0.2) is 8.67 Å². The lowest BCUT2D eigenvalue weighted by molar-refractivity contribution is 0.140. The molecule has 0 aliphatic heterocycles. The summed E-state index contributed by atoms with van der Waals surface area (Å²) >= 11 is 84.1. The lowest BCUT2D eigenvalue weighted by Gasteiger charge is -2.56. The monoisotopic (exact) mass is 703 g/mol. The Balaban J connectivity index is 1.76. The number of phenols is 1. The van der Waals surface area contributed by atoms with E-state index in [9.17, 15) is 5.11 Å². The van der Waals surface area contributed by atoms with E-state index < -0.39 is 73.3 Å². The predicted molar refractivity (Wildman–Crippen MR) is 147 cm³/mol. The summed E-state index contributed by atoms with van der Waals surface area (Å²) in [6.45, 7) is 0. The molecule has 6 rings (SSSR count). The molecule has 0 radical (unpaired) electrons. The van der Waals surface area contributed by atoms with Crippen LogP contribution in [0.25, 0.3) is 0 Å². The Hall–Kier alpha value is 2.30. The molecule has 3 N–H and O–H groups in total. The van der Waals surface area contributed by atoms with E-state index >= 15 is 0 Å². The van der Waals surface area contributed by atoms with Crippen LogP contribution in [-0.2, 0) is 0 Å². The smallest absolute Gasteiger partial charge is 0.160 e. The molecular formula is C20H13Cl12NO. The van der Waals surface area contributed by atoms with Crippen molar-refractivity contribution in [3.63, 3.8) is 0 Å². The number of phenolic OH excluding ortho intramolecular Hbond substituents is 1. The molecule has 34 heavy (non-hydrogen) atoms. The van der Waals surface area contributed by atoms with Gasteiger partial charge in [0.05, 0.1) is 27.2 Å². The summed E-state index contributed by atoms with van der Waals surface area (Å²) in [6, 6.07) is 3.07. The van der Waals surface area contributed by atoms with Gasteiger partial charge < -0.3 is 10.8 Å². The van der Waals surface area contributed by atoms with E-state index in [4.69, 9.17) is 145 Å². The van der Waals surface area contributed by atoms with E-state index in [1.54, 1.807) is 6.07 Å². The zero-order valence-corrected chi connectivity index (χ0v) is 25.4. The zero-order valence-electron chi connectivity index (χ0n) is 16.3. The summed E-state index contributed by atoms with van der Waals surface area (Å²) in [4.78, 5) is -6.32. The maximum absolute atomic E-state index is 10.6. The molecule has 0 saturated heterocycles. The van der Waals surface area contributed by atoms with Crippen molar-refractivity contribution in [3.8, 4) is 5.75 Å². The van der Waals surface area contributed by atoms with Crippen molar-refractivity contribution in [2.24, 2.45) is 11.8 Å². The normalized spacial score (nSPS) is 57.4. The number of halogens is 12. The summed E-state index contributed by atoms with van der Waals surface area (Å²) in [6.07, 6.45) is 0. The van der Waals surface area contributed by atoms with Gasteiger partial charge in [0, 0.05) is 11.8 Å². The number of nitrogens with two attached hydrogens (primary N) is 1. The minimum absolute atomic E-state index is 0.0962. The molecule has 1 aromatic carbocycles. The lowest BCUT2D eigenvalue weighted by atomic mass is 9.55. The van der Waals surface area contributed by atoms with E-state index in [0.717, 1.165) is 0 Å². The minimum Gasteiger partial charge on any atom is -0.506 e. The molecule has 4 fully saturated rings. The predicted octanol–water partition coefficient (Wildman–Crippen LogP) is 8.13. The van der Waals surface area contributed by atoms with Crippen LogP contribution >= 0.6 is 139 Å². The van der Waals surface area contributed by atoms with Crippen molar-refractivity contribution in [1.29, 1.82) is 0 Å². The number of alkyl halides is 12. The highest BCUT2D eigenvalue weighted by atomic mass is 35.5. The third kappa shape index (κ3) is 2.24. The Morgan fingerprint density at radius 2 is 0.912 bits per heavy atom. The second-order valence-corrected chi connectivity index (χ2v) is 16.9. The Morgan fingerprint density at radius 1 is 0.588 bits per heavy atom. The topological polar surface area (TPSA) is 46.2 Å². The second kappa shape index (κ2) is 7.13. The first-order valence-electron chi connectivity index (χ1n) is 10.1. The molecule has 0 aromatic heterocycles. The SMILES string of the molecule is Nc1cc2c(cc1O)[C@@H]1[C@H]([C@@H]3[C@@H]2[C@@]2(Cl)[C@H](Cl)[C@H](Cl)[C@@]3(Cl)C2(Cl)Cl)[C@@]2(Cl)[C@H](Cl)[C@@H](Cl)[C@@]1(Cl)C2(Cl)Cl. The standard InChI is InChI=1S/C20H13Cl12NO/c21-11-13(23)17(27)9-7(15(11,25)19(17,29)30)3-1-5(33)6(34)2-4(3)8-10(9)18(28)14(24)12(22)16(8,26)20(18,31)32/h1-2,7-14,34H,33H2/t7-,8-,9+,10-,11-,12-,13+,14-,15-,16-,17-,18-/m1/s1. The first-order chi connectivity index (χ1) is 15.4. The van der Waals surface area contributed by atoms with Gasteiger partial charge in [0.1, 0.15) is 25.2 Å². The van der Waals surface area contributed by atoms with E-state index in [0.29, 0.717) is 11.1 Å². The highest BCUT2D eigenvalue weighted by Crippen LogP contribution is 2.87. The third-order valence-electron chi connectivity index (χ3n) is 8.93. The molecule has 0 unspecified atom stereocenters. The average molecular weight is 709 g/mol. The fourth-order valence-corrected chi connectivity index (χ4v) is 14.5. The lowest BCUT2D eigenvalue weighted by Crippen LogP contribution is -2.62. The zero-order chi connectivity index (χ0) is 25.3. The number of rotatable bonds is 0. The Labute approximate surface area is 255 Å². The van der Waals surface area contributed by atoms with Crippen molar-refractivity contribution in [1.82, 2.24) is 0 Å². The number of anilines is 1. The van der Waals surface area contributed by atoms with Crippen LogP contribution in [0.2, 0.25) is 0 Å². The van der Waals surface area contributed by atoms with Gasteiger partial charge in [-0.2, -0.15) is 0 Å². The van der Waals surface area contributed by atoms with Crippen LogP contribution in [0.5, 0.6) is 5.75 Å². The molecule has 5 aliphatic rings. The van der Waals surface area contributed by atoms with Crippen molar-refractivity contribution in [2.75, 3.05) is 5.73 Å². The molecule has 14 heteroatoms. The van der Waals surface area contributed by atoms with Crippen LogP contribution in [0.15, 0.2) is 12.1 Å². The highest BCUT2D eigenvalue weighted by molar-refractivity contribution is 6.64. The quantitative estimate of drug-likeness (QED) is 0.163. The van der Waals surface area contributed by atoms with Gasteiger partial charge in [-0.3, -0.25) is 0 Å². The molecule has 5 aliphatic carbocycles. The van der Waals surface area contributed by atoms with Crippen LogP contribution in [0.3, 0.4) is 0 Å². The molecule has 12 atom stereocenters. The number of nitrogen functional groups attached to an aromatic ring is 1. The van der Waals surface area contributed by atoms with E-state index in [1.807, 2.05) is 0 Å². The van der Waals surface area contributed by atoms with E-state index in [-0.39, 0.29) is 11.4 Å². The van der Waals surface area contributed by atoms with Crippen LogP contribution in [0.4, 0.5) is 5.69 Å². The first kappa shape index (κ1) is 26.5. The Bertz CT molecular complexity index is 1060. The van der Waals surface area contributed by atoms with Crippen molar-refractivity contribution in [3.05, 3.63) is 23.3 Å². The molecule has 4 saturated carbocycles. The summed E-state index contributed by atoms with van der Waals surface area (Å²) in [5.74, 6) is -3.12. The van der Waals surface area contributed by atoms with E-state index in [2.05, 4.69) is 0 Å². The van der Waals surface area contributed by atoms with Crippen molar-refractivity contribution >= 4 is 145 Å². The van der Waals surface area contributed by atoms with Gasteiger partial charge in [-0.15, -0.1) is 92.8 Å². The Morgan fingerprint density at radius 3 is 1.29 bits per heavy atom. The first-order valence-corrected chi connectivity index (χ1v) is 14.9.